The summed E-state index contributed by atoms with van der Waals surface area (Å²) in [6, 6.07) is 17.1. The Kier molecular flexibility index (Phi) is 5.11. The molecule has 3 nitrogen and oxygen atoms in total. The Labute approximate surface area is 137 Å². The Balaban J connectivity index is 1.76. The molecule has 0 aliphatic carbocycles. The number of rotatable bonds is 7. The van der Waals surface area contributed by atoms with Crippen LogP contribution in [0.2, 0.25) is 0 Å². The number of hydrogen-bond acceptors (Lipinski definition) is 3. The number of fused-ring (bicyclic) bond motifs is 2. The molecule has 0 amide bonds. The molecule has 0 spiro atoms. The molecule has 0 aliphatic heterocycles. The van der Waals surface area contributed by atoms with Crippen molar-refractivity contribution in [3.63, 3.8) is 0 Å². The van der Waals surface area contributed by atoms with Crippen LogP contribution in [0.1, 0.15) is 18.4 Å². The largest absolute Gasteiger partial charge is 0.398 e. The number of hydrogen-bond donors (Lipinski definition) is 2. The van der Waals surface area contributed by atoms with Crippen LogP contribution >= 0.6 is 0 Å². The van der Waals surface area contributed by atoms with Crippen LogP contribution in [0.15, 0.2) is 48.5 Å². The van der Waals surface area contributed by atoms with E-state index in [1.165, 1.54) is 21.7 Å². The summed E-state index contributed by atoms with van der Waals surface area (Å²) in [4.78, 5) is 0. The molecular formula is C20H24N2O. The van der Waals surface area contributed by atoms with Gasteiger partial charge in [0.25, 0.3) is 0 Å². The minimum Gasteiger partial charge on any atom is -0.398 e. The van der Waals surface area contributed by atoms with Gasteiger partial charge in [0.05, 0.1) is 6.61 Å². The average Bonchev–Trinajstić information content (AvgIpc) is 2.56. The Bertz CT molecular complexity index is 798. The fourth-order valence-electron chi connectivity index (χ4n) is 2.93. The third-order valence-electron chi connectivity index (χ3n) is 4.19. The first-order chi connectivity index (χ1) is 11.3. The molecule has 4 N–H and O–H groups in total. The van der Waals surface area contributed by atoms with E-state index in [-0.39, 0.29) is 0 Å². The molecule has 3 heteroatoms. The minimum atomic E-state index is 0.725. The fourth-order valence-corrected chi connectivity index (χ4v) is 2.93. The predicted octanol–water partition coefficient (Wildman–Crippen LogP) is 3.87. The summed E-state index contributed by atoms with van der Waals surface area (Å²) in [6.45, 7) is 2.24. The molecule has 120 valence electrons. The van der Waals surface area contributed by atoms with Crippen LogP contribution in [0.25, 0.3) is 21.5 Å². The van der Waals surface area contributed by atoms with E-state index in [1.54, 1.807) is 0 Å². The van der Waals surface area contributed by atoms with Crippen molar-refractivity contribution in [1.29, 1.82) is 0 Å². The van der Waals surface area contributed by atoms with E-state index >= 15 is 0 Å². The van der Waals surface area contributed by atoms with Gasteiger partial charge in [0, 0.05) is 17.7 Å². The second-order valence-electron chi connectivity index (χ2n) is 5.96. The van der Waals surface area contributed by atoms with Crippen molar-refractivity contribution in [1.82, 2.24) is 0 Å². The van der Waals surface area contributed by atoms with Crippen molar-refractivity contribution in [2.45, 2.75) is 19.3 Å². The summed E-state index contributed by atoms with van der Waals surface area (Å²) in [6.07, 6.45) is 2.94. The molecule has 3 aromatic rings. The topological polar surface area (TPSA) is 61.3 Å². The maximum Gasteiger partial charge on any atom is 0.0506 e. The van der Waals surface area contributed by atoms with E-state index in [9.17, 15) is 0 Å². The molecule has 3 aromatic carbocycles. The maximum atomic E-state index is 6.26. The molecule has 0 bridgehead atoms. The van der Waals surface area contributed by atoms with Crippen LogP contribution in [0, 0.1) is 0 Å². The van der Waals surface area contributed by atoms with Crippen LogP contribution in [-0.4, -0.2) is 19.8 Å². The first-order valence-corrected chi connectivity index (χ1v) is 8.26. The highest BCUT2D eigenvalue weighted by Crippen LogP contribution is 2.28. The summed E-state index contributed by atoms with van der Waals surface area (Å²) in [5.74, 6) is 0. The zero-order chi connectivity index (χ0) is 16.1. The molecule has 0 atom stereocenters. The van der Waals surface area contributed by atoms with Gasteiger partial charge >= 0.3 is 0 Å². The van der Waals surface area contributed by atoms with Gasteiger partial charge < -0.3 is 16.2 Å². The first kappa shape index (κ1) is 15.8. The summed E-state index contributed by atoms with van der Waals surface area (Å²) in [5.41, 5.74) is 13.8. The SMILES string of the molecule is NCCCCOCCc1cc(N)c2cc3ccccc3cc2c1. The number of ether oxygens (including phenoxy) is 1. The Morgan fingerprint density at radius 2 is 1.61 bits per heavy atom. The lowest BCUT2D eigenvalue weighted by atomic mass is 9.99. The number of benzene rings is 3. The summed E-state index contributed by atoms with van der Waals surface area (Å²) in [5, 5.41) is 4.79. The van der Waals surface area contributed by atoms with Gasteiger partial charge in [-0.3, -0.25) is 0 Å². The molecule has 3 rings (SSSR count). The Morgan fingerprint density at radius 3 is 2.39 bits per heavy atom. The van der Waals surface area contributed by atoms with Gasteiger partial charge in [0.15, 0.2) is 0 Å². The van der Waals surface area contributed by atoms with Crippen molar-refractivity contribution in [3.8, 4) is 0 Å². The van der Waals surface area contributed by atoms with Crippen LogP contribution in [0.4, 0.5) is 5.69 Å². The van der Waals surface area contributed by atoms with E-state index in [1.807, 2.05) is 0 Å². The lowest BCUT2D eigenvalue weighted by molar-refractivity contribution is 0.134. The molecule has 0 fully saturated rings. The molecule has 0 saturated carbocycles. The molecule has 0 aromatic heterocycles. The quantitative estimate of drug-likeness (QED) is 0.395. The van der Waals surface area contributed by atoms with E-state index < -0.39 is 0 Å². The van der Waals surface area contributed by atoms with Gasteiger partial charge in [-0.15, -0.1) is 0 Å². The van der Waals surface area contributed by atoms with Gasteiger partial charge in [-0.1, -0.05) is 30.3 Å². The molecule has 0 aliphatic rings. The second-order valence-corrected chi connectivity index (χ2v) is 5.96. The third kappa shape index (κ3) is 3.81. The number of anilines is 1. The van der Waals surface area contributed by atoms with Crippen molar-refractivity contribution in [2.75, 3.05) is 25.5 Å². The van der Waals surface area contributed by atoms with Gasteiger partial charge in [0.1, 0.15) is 0 Å². The lowest BCUT2D eigenvalue weighted by Crippen LogP contribution is -2.04. The number of unbranched alkanes of at least 4 members (excludes halogenated alkanes) is 1. The highest BCUT2D eigenvalue weighted by Gasteiger charge is 2.04. The standard InChI is InChI=1S/C20H24N2O/c21-8-3-4-9-23-10-7-15-11-18-13-16-5-1-2-6-17(16)14-19(18)20(22)12-15/h1-2,5-6,11-14H,3-4,7-10,21-22H2. The predicted molar refractivity (Wildman–Crippen MR) is 98.7 cm³/mol. The Morgan fingerprint density at radius 1 is 0.826 bits per heavy atom. The summed E-state index contributed by atoms with van der Waals surface area (Å²) in [7, 11) is 0. The van der Waals surface area contributed by atoms with Gasteiger partial charge in [-0.05, 0) is 65.7 Å². The molecular weight excluding hydrogens is 284 g/mol. The van der Waals surface area contributed by atoms with Crippen molar-refractivity contribution < 1.29 is 4.74 Å². The van der Waals surface area contributed by atoms with E-state index in [2.05, 4.69) is 48.5 Å². The van der Waals surface area contributed by atoms with Crippen molar-refractivity contribution >= 4 is 27.2 Å². The van der Waals surface area contributed by atoms with Gasteiger partial charge in [-0.2, -0.15) is 0 Å². The molecule has 0 heterocycles. The van der Waals surface area contributed by atoms with E-state index in [0.717, 1.165) is 50.1 Å². The second kappa shape index (κ2) is 7.44. The van der Waals surface area contributed by atoms with Crippen LogP contribution in [0.5, 0.6) is 0 Å². The van der Waals surface area contributed by atoms with Crippen molar-refractivity contribution in [2.24, 2.45) is 5.73 Å². The van der Waals surface area contributed by atoms with Crippen LogP contribution < -0.4 is 11.5 Å². The summed E-state index contributed by atoms with van der Waals surface area (Å²) >= 11 is 0. The molecule has 0 saturated heterocycles. The lowest BCUT2D eigenvalue weighted by Gasteiger charge is -2.09. The van der Waals surface area contributed by atoms with E-state index in [0.29, 0.717) is 0 Å². The van der Waals surface area contributed by atoms with Gasteiger partial charge in [0.2, 0.25) is 0 Å². The summed E-state index contributed by atoms with van der Waals surface area (Å²) < 4.78 is 5.67. The molecule has 0 unspecified atom stereocenters. The third-order valence-corrected chi connectivity index (χ3v) is 4.19. The minimum absolute atomic E-state index is 0.725. The average molecular weight is 308 g/mol. The number of nitrogen functional groups attached to an aromatic ring is 1. The van der Waals surface area contributed by atoms with Crippen LogP contribution in [-0.2, 0) is 11.2 Å². The zero-order valence-electron chi connectivity index (χ0n) is 13.4. The number of nitrogens with two attached hydrogens (primary N) is 2. The normalized spacial score (nSPS) is 11.3. The highest BCUT2D eigenvalue weighted by molar-refractivity contribution is 6.03. The maximum absolute atomic E-state index is 6.26. The van der Waals surface area contributed by atoms with Crippen molar-refractivity contribution in [3.05, 3.63) is 54.1 Å². The Hall–Kier alpha value is -2.10. The molecule has 0 radical (unpaired) electrons. The fraction of sp³-hybridized carbons (Fsp3) is 0.300. The monoisotopic (exact) mass is 308 g/mol. The van der Waals surface area contributed by atoms with Crippen LogP contribution in [0.3, 0.4) is 0 Å². The highest BCUT2D eigenvalue weighted by atomic mass is 16.5. The first-order valence-electron chi connectivity index (χ1n) is 8.26. The molecule has 23 heavy (non-hydrogen) atoms. The smallest absolute Gasteiger partial charge is 0.0506 e. The van der Waals surface area contributed by atoms with E-state index in [4.69, 9.17) is 16.2 Å². The van der Waals surface area contributed by atoms with Gasteiger partial charge in [-0.25, -0.2) is 0 Å². The zero-order valence-corrected chi connectivity index (χ0v) is 13.4.